The van der Waals surface area contributed by atoms with Crippen LogP contribution in [-0.4, -0.2) is 37.5 Å². The first kappa shape index (κ1) is 19.0. The number of hydrogen-bond acceptors (Lipinski definition) is 4. The molecule has 0 bridgehead atoms. The molecule has 1 aliphatic heterocycles. The van der Waals surface area contributed by atoms with Gasteiger partial charge in [-0.1, -0.05) is 12.1 Å². The van der Waals surface area contributed by atoms with Crippen LogP contribution >= 0.6 is 0 Å². The zero-order valence-corrected chi connectivity index (χ0v) is 16.7. The number of nitrogens with zero attached hydrogens (tertiary/aromatic N) is 1. The van der Waals surface area contributed by atoms with Gasteiger partial charge in [-0.15, -0.1) is 0 Å². The quantitative estimate of drug-likeness (QED) is 0.676. The Morgan fingerprint density at radius 3 is 2.63 bits per heavy atom. The van der Waals surface area contributed by atoms with Gasteiger partial charge in [-0.3, -0.25) is 4.79 Å². The molecule has 3 rings (SSSR count). The Hall–Kier alpha value is -2.79. The molecule has 142 valence electrons. The van der Waals surface area contributed by atoms with Gasteiger partial charge in [-0.2, -0.15) is 0 Å². The predicted octanol–water partition coefficient (Wildman–Crippen LogP) is 4.07. The Bertz CT molecular complexity index is 886. The number of carbonyl (C=O) groups is 1. The van der Waals surface area contributed by atoms with E-state index in [1.807, 2.05) is 31.2 Å². The first-order valence-electron chi connectivity index (χ1n) is 9.25. The summed E-state index contributed by atoms with van der Waals surface area (Å²) in [5, 5.41) is 9.75. The van der Waals surface area contributed by atoms with E-state index < -0.39 is 0 Å². The highest BCUT2D eigenvalue weighted by Gasteiger charge is 2.25. The smallest absolute Gasteiger partial charge is 0.257 e. The first-order valence-corrected chi connectivity index (χ1v) is 9.25. The number of nitrogens with one attached hydrogen (secondary N) is 3. The second kappa shape index (κ2) is 7.84. The van der Waals surface area contributed by atoms with Crippen LogP contribution in [0.15, 0.2) is 42.6 Å². The van der Waals surface area contributed by atoms with Gasteiger partial charge < -0.3 is 20.9 Å². The average molecular weight is 364 g/mol. The fourth-order valence-corrected chi connectivity index (χ4v) is 3.50. The van der Waals surface area contributed by atoms with Gasteiger partial charge in [0.1, 0.15) is 0 Å². The first-order chi connectivity index (χ1) is 12.8. The standard InChI is InChI=1S/C22H28N4O/c1-14-7-6-8-20-21(14)18(22(27)25-20)12-23-17-9-10-19(15(2)11-17)24-16(3)13-26(4)5/h6-12,16,23-24H,13H2,1-5H3,(H,25,27). The van der Waals surface area contributed by atoms with E-state index in [4.69, 9.17) is 0 Å². The largest absolute Gasteiger partial charge is 0.381 e. The number of amides is 1. The molecule has 3 N–H and O–H groups in total. The van der Waals surface area contributed by atoms with Gasteiger partial charge in [0.2, 0.25) is 0 Å². The monoisotopic (exact) mass is 364 g/mol. The van der Waals surface area contributed by atoms with Gasteiger partial charge in [0.05, 0.1) is 5.57 Å². The third kappa shape index (κ3) is 4.31. The molecular weight excluding hydrogens is 336 g/mol. The number of hydrogen-bond donors (Lipinski definition) is 3. The molecule has 27 heavy (non-hydrogen) atoms. The topological polar surface area (TPSA) is 56.4 Å². The van der Waals surface area contributed by atoms with Crippen molar-refractivity contribution >= 4 is 28.5 Å². The fraction of sp³-hybridized carbons (Fsp3) is 0.318. The minimum atomic E-state index is -0.0701. The van der Waals surface area contributed by atoms with E-state index >= 15 is 0 Å². The van der Waals surface area contributed by atoms with Crippen LogP contribution in [0.5, 0.6) is 0 Å². The van der Waals surface area contributed by atoms with Crippen LogP contribution in [0.2, 0.25) is 0 Å². The van der Waals surface area contributed by atoms with E-state index in [0.717, 1.165) is 40.3 Å². The van der Waals surface area contributed by atoms with Crippen LogP contribution in [0, 0.1) is 13.8 Å². The molecule has 0 aliphatic carbocycles. The van der Waals surface area contributed by atoms with E-state index in [1.54, 1.807) is 6.20 Å². The van der Waals surface area contributed by atoms with Crippen LogP contribution < -0.4 is 16.0 Å². The molecule has 0 spiro atoms. The van der Waals surface area contributed by atoms with Crippen molar-refractivity contribution in [3.63, 3.8) is 0 Å². The molecule has 1 heterocycles. The molecule has 0 saturated carbocycles. The predicted molar refractivity (Wildman–Crippen MR) is 114 cm³/mol. The maximum atomic E-state index is 12.3. The van der Waals surface area contributed by atoms with E-state index in [0.29, 0.717) is 11.6 Å². The van der Waals surface area contributed by atoms with Crippen LogP contribution in [0.3, 0.4) is 0 Å². The van der Waals surface area contributed by atoms with Gasteiger partial charge in [0.15, 0.2) is 0 Å². The van der Waals surface area contributed by atoms with Crippen LogP contribution in [0.25, 0.3) is 5.57 Å². The van der Waals surface area contributed by atoms with Crippen LogP contribution in [0.4, 0.5) is 17.1 Å². The van der Waals surface area contributed by atoms with Crippen molar-refractivity contribution in [2.45, 2.75) is 26.8 Å². The lowest BCUT2D eigenvalue weighted by Crippen LogP contribution is -2.29. The zero-order chi connectivity index (χ0) is 19.6. The molecule has 0 saturated heterocycles. The summed E-state index contributed by atoms with van der Waals surface area (Å²) < 4.78 is 0. The van der Waals surface area contributed by atoms with E-state index in [1.165, 1.54) is 0 Å². The van der Waals surface area contributed by atoms with E-state index in [-0.39, 0.29) is 5.91 Å². The maximum absolute atomic E-state index is 12.3. The van der Waals surface area contributed by atoms with Gasteiger partial charge >= 0.3 is 0 Å². The zero-order valence-electron chi connectivity index (χ0n) is 16.7. The molecule has 5 nitrogen and oxygen atoms in total. The van der Waals surface area contributed by atoms with E-state index in [9.17, 15) is 4.79 Å². The lowest BCUT2D eigenvalue weighted by Gasteiger charge is -2.21. The Morgan fingerprint density at radius 1 is 1.15 bits per heavy atom. The Kier molecular flexibility index (Phi) is 5.51. The fourth-order valence-electron chi connectivity index (χ4n) is 3.50. The van der Waals surface area contributed by atoms with Crippen LogP contribution in [-0.2, 0) is 4.79 Å². The summed E-state index contributed by atoms with van der Waals surface area (Å²) >= 11 is 0. The molecule has 5 heteroatoms. The Balaban J connectivity index is 1.75. The van der Waals surface area contributed by atoms with Crippen LogP contribution in [0.1, 0.15) is 23.6 Å². The highest BCUT2D eigenvalue weighted by Crippen LogP contribution is 2.34. The summed E-state index contributed by atoms with van der Waals surface area (Å²) in [6.07, 6.45) is 1.80. The highest BCUT2D eigenvalue weighted by molar-refractivity contribution is 6.32. The van der Waals surface area contributed by atoms with Crippen molar-refractivity contribution in [1.29, 1.82) is 0 Å². The highest BCUT2D eigenvalue weighted by atomic mass is 16.2. The molecule has 0 fully saturated rings. The molecule has 1 aliphatic rings. The summed E-state index contributed by atoms with van der Waals surface area (Å²) in [4.78, 5) is 14.5. The van der Waals surface area contributed by atoms with Gasteiger partial charge in [0.25, 0.3) is 5.91 Å². The molecule has 1 unspecified atom stereocenters. The van der Waals surface area contributed by atoms with Crippen molar-refractivity contribution < 1.29 is 4.79 Å². The second-order valence-electron chi connectivity index (χ2n) is 7.49. The van der Waals surface area contributed by atoms with Crippen molar-refractivity contribution in [2.24, 2.45) is 0 Å². The number of rotatable bonds is 6. The number of likely N-dealkylation sites (N-methyl/N-ethyl adjacent to an activating group) is 1. The summed E-state index contributed by atoms with van der Waals surface area (Å²) in [5.74, 6) is -0.0701. The minimum Gasteiger partial charge on any atom is -0.381 e. The normalized spacial score (nSPS) is 15.6. The lowest BCUT2D eigenvalue weighted by atomic mass is 10.0. The third-order valence-electron chi connectivity index (χ3n) is 4.69. The molecule has 0 radical (unpaired) electrons. The van der Waals surface area contributed by atoms with Crippen molar-refractivity contribution in [3.8, 4) is 0 Å². The van der Waals surface area contributed by atoms with Gasteiger partial charge in [-0.05, 0) is 70.3 Å². The third-order valence-corrected chi connectivity index (χ3v) is 4.69. The lowest BCUT2D eigenvalue weighted by molar-refractivity contribution is -0.110. The molecule has 1 amide bonds. The molecule has 2 aromatic carbocycles. The number of fused-ring (bicyclic) bond motifs is 1. The summed E-state index contributed by atoms with van der Waals surface area (Å²) in [6.45, 7) is 7.26. The number of carbonyl (C=O) groups excluding carboxylic acids is 1. The van der Waals surface area contributed by atoms with E-state index in [2.05, 4.69) is 60.9 Å². The maximum Gasteiger partial charge on any atom is 0.257 e. The SMILES string of the molecule is Cc1cc(NC=C2C(=O)Nc3cccc(C)c32)ccc1NC(C)CN(C)C. The average Bonchev–Trinajstić information content (AvgIpc) is 2.91. The van der Waals surface area contributed by atoms with Gasteiger partial charge in [0, 0.05) is 41.4 Å². The number of aryl methyl sites for hydroxylation is 2. The van der Waals surface area contributed by atoms with Crippen molar-refractivity contribution in [2.75, 3.05) is 36.6 Å². The summed E-state index contributed by atoms with van der Waals surface area (Å²) in [6, 6.07) is 12.5. The molecule has 0 aromatic heterocycles. The van der Waals surface area contributed by atoms with Crippen molar-refractivity contribution in [3.05, 3.63) is 59.3 Å². The minimum absolute atomic E-state index is 0.0701. The van der Waals surface area contributed by atoms with Crippen molar-refractivity contribution in [1.82, 2.24) is 4.90 Å². The summed E-state index contributed by atoms with van der Waals surface area (Å²) in [7, 11) is 4.15. The molecular formula is C22H28N4O. The number of benzene rings is 2. The summed E-state index contributed by atoms with van der Waals surface area (Å²) in [5.41, 5.74) is 6.85. The molecule has 1 atom stereocenters. The number of anilines is 3. The second-order valence-corrected chi connectivity index (χ2v) is 7.49. The Labute approximate surface area is 161 Å². The Morgan fingerprint density at radius 2 is 1.93 bits per heavy atom. The van der Waals surface area contributed by atoms with Gasteiger partial charge in [-0.25, -0.2) is 0 Å². The molecule has 2 aromatic rings.